The number of nitrogens with two attached hydrogens (primary N) is 1. The minimum absolute atomic E-state index is 0.268. The van der Waals surface area contributed by atoms with Crippen molar-refractivity contribution in [1.82, 2.24) is 5.32 Å². The van der Waals surface area contributed by atoms with Crippen molar-refractivity contribution in [2.45, 2.75) is 39.3 Å². The quantitative estimate of drug-likeness (QED) is 0.626. The van der Waals surface area contributed by atoms with Gasteiger partial charge in [0.1, 0.15) is 0 Å². The number of methoxy groups -OCH3 is 1. The molecule has 0 fully saturated rings. The fraction of sp³-hybridized carbons (Fsp3) is 1.00. The van der Waals surface area contributed by atoms with Gasteiger partial charge in [-0.05, 0) is 19.3 Å². The number of rotatable bonds is 7. The van der Waals surface area contributed by atoms with E-state index in [1.165, 1.54) is 0 Å². The Morgan fingerprint density at radius 2 is 1.85 bits per heavy atom. The third-order valence-corrected chi connectivity index (χ3v) is 2.01. The lowest BCUT2D eigenvalue weighted by Gasteiger charge is -2.16. The van der Waals surface area contributed by atoms with E-state index in [2.05, 4.69) is 19.2 Å². The Morgan fingerprint density at radius 1 is 1.23 bits per heavy atom. The molecule has 80 valence electrons. The summed E-state index contributed by atoms with van der Waals surface area (Å²) in [6, 6.07) is 0.268. The van der Waals surface area contributed by atoms with Crippen LogP contribution in [-0.2, 0) is 4.74 Å². The van der Waals surface area contributed by atoms with Crippen LogP contribution in [0.1, 0.15) is 27.2 Å². The Balaban J connectivity index is 3.31. The van der Waals surface area contributed by atoms with Gasteiger partial charge in [-0.1, -0.05) is 13.8 Å². The molecule has 0 aromatic carbocycles. The summed E-state index contributed by atoms with van der Waals surface area (Å²) < 4.78 is 5.11. The van der Waals surface area contributed by atoms with Crippen LogP contribution in [0.4, 0.5) is 0 Å². The van der Waals surface area contributed by atoms with Gasteiger partial charge in [0.2, 0.25) is 0 Å². The predicted octanol–water partition coefficient (Wildman–Crippen LogP) is 0.984. The van der Waals surface area contributed by atoms with Crippen molar-refractivity contribution in [3.05, 3.63) is 0 Å². The van der Waals surface area contributed by atoms with E-state index >= 15 is 0 Å². The first-order valence-electron chi connectivity index (χ1n) is 5.05. The number of hydrogen-bond donors (Lipinski definition) is 2. The zero-order valence-corrected chi connectivity index (χ0v) is 9.34. The molecule has 13 heavy (non-hydrogen) atoms. The minimum Gasteiger partial charge on any atom is -0.380 e. The Kier molecular flexibility index (Phi) is 7.23. The lowest BCUT2D eigenvalue weighted by Crippen LogP contribution is -2.38. The second kappa shape index (κ2) is 7.30. The van der Waals surface area contributed by atoms with E-state index in [0.29, 0.717) is 5.92 Å². The SMILES string of the molecule is COC(C)CNCC(N)CC(C)C. The van der Waals surface area contributed by atoms with E-state index in [1.54, 1.807) is 7.11 Å². The Labute approximate surface area is 82.0 Å². The van der Waals surface area contributed by atoms with Crippen LogP contribution in [0.25, 0.3) is 0 Å². The Hall–Kier alpha value is -0.120. The first kappa shape index (κ1) is 12.9. The van der Waals surface area contributed by atoms with E-state index in [-0.39, 0.29) is 12.1 Å². The van der Waals surface area contributed by atoms with Crippen LogP contribution in [0.2, 0.25) is 0 Å². The molecule has 0 aliphatic carbocycles. The molecule has 0 radical (unpaired) electrons. The van der Waals surface area contributed by atoms with Gasteiger partial charge >= 0.3 is 0 Å². The lowest BCUT2D eigenvalue weighted by molar-refractivity contribution is 0.117. The molecule has 0 spiro atoms. The zero-order valence-electron chi connectivity index (χ0n) is 9.34. The van der Waals surface area contributed by atoms with Crippen molar-refractivity contribution < 1.29 is 4.74 Å². The molecule has 0 bridgehead atoms. The van der Waals surface area contributed by atoms with Crippen LogP contribution in [0.15, 0.2) is 0 Å². The van der Waals surface area contributed by atoms with Crippen molar-refractivity contribution in [3.8, 4) is 0 Å². The van der Waals surface area contributed by atoms with Crippen LogP contribution < -0.4 is 11.1 Å². The summed E-state index contributed by atoms with van der Waals surface area (Å²) >= 11 is 0. The average molecular weight is 188 g/mol. The first-order chi connectivity index (χ1) is 6.06. The summed E-state index contributed by atoms with van der Waals surface area (Å²) in [6.45, 7) is 8.18. The van der Waals surface area contributed by atoms with E-state index in [9.17, 15) is 0 Å². The van der Waals surface area contributed by atoms with Gasteiger partial charge in [-0.2, -0.15) is 0 Å². The van der Waals surface area contributed by atoms with Gasteiger partial charge in [0, 0.05) is 26.2 Å². The summed E-state index contributed by atoms with van der Waals surface area (Å²) in [5.41, 5.74) is 5.90. The van der Waals surface area contributed by atoms with Gasteiger partial charge in [0.15, 0.2) is 0 Å². The van der Waals surface area contributed by atoms with Gasteiger partial charge in [-0.15, -0.1) is 0 Å². The molecule has 0 saturated carbocycles. The van der Waals surface area contributed by atoms with Crippen molar-refractivity contribution in [2.75, 3.05) is 20.2 Å². The third-order valence-electron chi connectivity index (χ3n) is 2.01. The molecular weight excluding hydrogens is 164 g/mol. The second-order valence-corrected chi connectivity index (χ2v) is 4.09. The highest BCUT2D eigenvalue weighted by Gasteiger charge is 2.05. The average Bonchev–Trinajstić information content (AvgIpc) is 2.02. The van der Waals surface area contributed by atoms with E-state index in [4.69, 9.17) is 10.5 Å². The maximum absolute atomic E-state index is 5.90. The fourth-order valence-electron chi connectivity index (χ4n) is 1.24. The molecule has 0 rings (SSSR count). The molecule has 0 aliphatic heterocycles. The molecule has 2 atom stereocenters. The fourth-order valence-corrected chi connectivity index (χ4v) is 1.24. The van der Waals surface area contributed by atoms with Gasteiger partial charge in [0.25, 0.3) is 0 Å². The molecule has 0 amide bonds. The third kappa shape index (κ3) is 8.22. The molecular formula is C10H24N2O. The summed E-state index contributed by atoms with van der Waals surface area (Å²) in [4.78, 5) is 0. The van der Waals surface area contributed by atoms with Gasteiger partial charge in [-0.3, -0.25) is 0 Å². The molecule has 0 aliphatic rings. The molecule has 3 nitrogen and oxygen atoms in total. The Morgan fingerprint density at radius 3 is 2.31 bits per heavy atom. The predicted molar refractivity (Wildman–Crippen MR) is 56.8 cm³/mol. The Bertz CT molecular complexity index is 117. The highest BCUT2D eigenvalue weighted by atomic mass is 16.5. The van der Waals surface area contributed by atoms with Crippen LogP contribution in [0.5, 0.6) is 0 Å². The molecule has 2 unspecified atom stereocenters. The zero-order chi connectivity index (χ0) is 10.3. The molecule has 0 saturated heterocycles. The largest absolute Gasteiger partial charge is 0.380 e. The lowest BCUT2D eigenvalue weighted by atomic mass is 10.0. The smallest absolute Gasteiger partial charge is 0.0667 e. The summed E-state index contributed by atoms with van der Waals surface area (Å²) in [6.07, 6.45) is 1.35. The normalized spacial score (nSPS) is 16.2. The van der Waals surface area contributed by atoms with Gasteiger partial charge in [0.05, 0.1) is 6.10 Å². The maximum atomic E-state index is 5.90. The molecule has 0 heterocycles. The molecule has 3 N–H and O–H groups in total. The monoisotopic (exact) mass is 188 g/mol. The molecule has 3 heteroatoms. The second-order valence-electron chi connectivity index (χ2n) is 4.09. The number of hydrogen-bond acceptors (Lipinski definition) is 3. The molecule has 0 aromatic heterocycles. The molecule has 0 aromatic rings. The van der Waals surface area contributed by atoms with Crippen LogP contribution in [0, 0.1) is 5.92 Å². The van der Waals surface area contributed by atoms with Gasteiger partial charge < -0.3 is 15.8 Å². The van der Waals surface area contributed by atoms with Crippen molar-refractivity contribution in [3.63, 3.8) is 0 Å². The highest BCUT2D eigenvalue weighted by molar-refractivity contribution is 4.67. The highest BCUT2D eigenvalue weighted by Crippen LogP contribution is 2.01. The topological polar surface area (TPSA) is 47.3 Å². The summed E-state index contributed by atoms with van der Waals surface area (Å²) in [7, 11) is 1.72. The maximum Gasteiger partial charge on any atom is 0.0667 e. The number of ether oxygens (including phenoxy) is 1. The van der Waals surface area contributed by atoms with E-state index in [1.807, 2.05) is 6.92 Å². The standard InChI is InChI=1S/C10H24N2O/c1-8(2)5-10(11)7-12-6-9(3)13-4/h8-10,12H,5-7,11H2,1-4H3. The summed E-state index contributed by atoms with van der Waals surface area (Å²) in [5, 5.41) is 3.29. The van der Waals surface area contributed by atoms with E-state index in [0.717, 1.165) is 19.5 Å². The van der Waals surface area contributed by atoms with Crippen molar-refractivity contribution in [2.24, 2.45) is 11.7 Å². The van der Waals surface area contributed by atoms with Crippen molar-refractivity contribution in [1.29, 1.82) is 0 Å². The van der Waals surface area contributed by atoms with Crippen molar-refractivity contribution >= 4 is 0 Å². The van der Waals surface area contributed by atoms with Crippen LogP contribution in [-0.4, -0.2) is 32.3 Å². The van der Waals surface area contributed by atoms with Gasteiger partial charge in [-0.25, -0.2) is 0 Å². The van der Waals surface area contributed by atoms with Crippen LogP contribution >= 0.6 is 0 Å². The first-order valence-corrected chi connectivity index (χ1v) is 5.05. The minimum atomic E-state index is 0.268. The van der Waals surface area contributed by atoms with E-state index < -0.39 is 0 Å². The van der Waals surface area contributed by atoms with Crippen LogP contribution in [0.3, 0.4) is 0 Å². The summed E-state index contributed by atoms with van der Waals surface area (Å²) in [5.74, 6) is 0.677. The number of nitrogens with one attached hydrogen (secondary N) is 1.